The van der Waals surface area contributed by atoms with Crippen molar-refractivity contribution in [2.75, 3.05) is 18.0 Å². The average molecular weight is 550 g/mol. The van der Waals surface area contributed by atoms with Gasteiger partial charge >= 0.3 is 6.09 Å². The third-order valence-corrected chi connectivity index (χ3v) is 7.74. The highest BCUT2D eigenvalue weighted by molar-refractivity contribution is 6.33. The first-order chi connectivity index (χ1) is 18.1. The van der Waals surface area contributed by atoms with E-state index in [1.165, 1.54) is 0 Å². The van der Waals surface area contributed by atoms with Crippen molar-refractivity contribution in [2.45, 2.75) is 39.3 Å². The second-order valence-electron chi connectivity index (χ2n) is 11.1. The molecule has 2 aromatic heterocycles. The maximum Gasteiger partial charge on any atom is 0.407 e. The van der Waals surface area contributed by atoms with Gasteiger partial charge in [-0.05, 0) is 51.5 Å². The zero-order valence-electron chi connectivity index (χ0n) is 21.7. The molecule has 1 N–H and O–H groups in total. The van der Waals surface area contributed by atoms with Gasteiger partial charge in [0.25, 0.3) is 0 Å². The number of hydrogen-bond donors (Lipinski definition) is 1. The molecule has 7 nitrogen and oxygen atoms in total. The molecule has 196 valence electrons. The largest absolute Gasteiger partial charge is 0.444 e. The molecule has 2 aromatic carbocycles. The summed E-state index contributed by atoms with van der Waals surface area (Å²) in [5, 5.41) is 9.43. The van der Waals surface area contributed by atoms with E-state index in [9.17, 15) is 4.79 Å². The molecule has 1 saturated heterocycles. The number of carbonyl (C=O) groups excluding carboxylic acids is 1. The Bertz CT molecular complexity index is 1530. The number of benzene rings is 2. The number of anilines is 1. The third-order valence-electron chi connectivity index (χ3n) is 7.16. The van der Waals surface area contributed by atoms with Crippen LogP contribution < -0.4 is 10.2 Å². The second-order valence-corrected chi connectivity index (χ2v) is 11.9. The van der Waals surface area contributed by atoms with Crippen molar-refractivity contribution in [3.63, 3.8) is 0 Å². The van der Waals surface area contributed by atoms with Gasteiger partial charge in [0.2, 0.25) is 0 Å². The fraction of sp³-hybridized carbons (Fsp3) is 0.345. The van der Waals surface area contributed by atoms with Crippen LogP contribution in [0, 0.1) is 18.8 Å². The van der Waals surface area contributed by atoms with E-state index in [1.807, 2.05) is 80.7 Å². The molecule has 3 heterocycles. The number of rotatable bonds is 4. The first-order valence-electron chi connectivity index (χ1n) is 12.7. The topological polar surface area (TPSA) is 71.8 Å². The molecular weight excluding hydrogens is 521 g/mol. The number of aromatic nitrogens is 3. The normalized spacial score (nSPS) is 20.5. The van der Waals surface area contributed by atoms with E-state index in [0.29, 0.717) is 21.9 Å². The third kappa shape index (κ3) is 4.58. The predicted octanol–water partition coefficient (Wildman–Crippen LogP) is 6.64. The molecule has 1 aliphatic heterocycles. The molecule has 0 spiro atoms. The molecule has 0 bridgehead atoms. The minimum absolute atomic E-state index is 0.139. The number of fused-ring (bicyclic) bond motifs is 2. The van der Waals surface area contributed by atoms with Crippen molar-refractivity contribution in [3.8, 4) is 22.4 Å². The van der Waals surface area contributed by atoms with Crippen LogP contribution in [0.25, 0.3) is 28.0 Å². The van der Waals surface area contributed by atoms with Gasteiger partial charge in [0, 0.05) is 53.3 Å². The Labute approximate surface area is 231 Å². The maximum atomic E-state index is 12.3. The Morgan fingerprint density at radius 2 is 1.74 bits per heavy atom. The zero-order chi connectivity index (χ0) is 26.8. The monoisotopic (exact) mass is 549 g/mol. The van der Waals surface area contributed by atoms with Gasteiger partial charge < -0.3 is 15.0 Å². The molecule has 2 fully saturated rings. The van der Waals surface area contributed by atoms with E-state index in [2.05, 4.69) is 16.3 Å². The first kappa shape index (κ1) is 25.0. The van der Waals surface area contributed by atoms with Gasteiger partial charge in [-0.25, -0.2) is 9.78 Å². The molecule has 6 rings (SSSR count). The van der Waals surface area contributed by atoms with Crippen LogP contribution in [0.2, 0.25) is 10.0 Å². The number of hydrogen-bond acceptors (Lipinski definition) is 5. The van der Waals surface area contributed by atoms with Crippen LogP contribution >= 0.6 is 23.2 Å². The van der Waals surface area contributed by atoms with Gasteiger partial charge in [0.05, 0.1) is 10.6 Å². The molecule has 2 aliphatic rings. The van der Waals surface area contributed by atoms with E-state index >= 15 is 0 Å². The maximum absolute atomic E-state index is 12.3. The number of halogens is 2. The summed E-state index contributed by atoms with van der Waals surface area (Å²) in [7, 11) is 0. The highest BCUT2D eigenvalue weighted by atomic mass is 35.5. The SMILES string of the molecule is Cc1cc(N2C[C@@H]3C(NC(=O)OC(C)(C)C)[C@@H]3C2)n2nc(-c3ccccc3Cl)c(-c3ccc(Cl)cc3)c2n1. The summed E-state index contributed by atoms with van der Waals surface area (Å²) in [6.45, 7) is 9.26. The van der Waals surface area contributed by atoms with Crippen LogP contribution in [0.3, 0.4) is 0 Å². The Kier molecular flexibility index (Phi) is 6.04. The van der Waals surface area contributed by atoms with E-state index < -0.39 is 5.60 Å². The number of amides is 1. The van der Waals surface area contributed by atoms with Crippen molar-refractivity contribution < 1.29 is 9.53 Å². The summed E-state index contributed by atoms with van der Waals surface area (Å²) in [6, 6.07) is 17.7. The van der Waals surface area contributed by atoms with Crippen LogP contribution in [0.5, 0.6) is 0 Å². The fourth-order valence-corrected chi connectivity index (χ4v) is 5.79. The number of piperidine rings is 1. The molecule has 4 aromatic rings. The van der Waals surface area contributed by atoms with Gasteiger partial charge in [-0.3, -0.25) is 0 Å². The summed E-state index contributed by atoms with van der Waals surface area (Å²) in [4.78, 5) is 19.5. The van der Waals surface area contributed by atoms with Crippen molar-refractivity contribution in [1.82, 2.24) is 19.9 Å². The van der Waals surface area contributed by atoms with Gasteiger partial charge in [-0.2, -0.15) is 9.61 Å². The molecule has 1 aliphatic carbocycles. The fourth-order valence-electron chi connectivity index (χ4n) is 5.44. The molecule has 3 atom stereocenters. The predicted molar refractivity (Wildman–Crippen MR) is 151 cm³/mol. The van der Waals surface area contributed by atoms with Crippen molar-refractivity contribution in [2.24, 2.45) is 11.8 Å². The number of carbonyl (C=O) groups is 1. The molecule has 1 unspecified atom stereocenters. The summed E-state index contributed by atoms with van der Waals surface area (Å²) >= 11 is 12.8. The second kappa shape index (κ2) is 9.17. The van der Waals surface area contributed by atoms with Crippen LogP contribution in [-0.4, -0.2) is 45.4 Å². The van der Waals surface area contributed by atoms with Crippen LogP contribution in [-0.2, 0) is 4.74 Å². The van der Waals surface area contributed by atoms with Gasteiger partial charge in [-0.15, -0.1) is 0 Å². The zero-order valence-corrected chi connectivity index (χ0v) is 23.2. The van der Waals surface area contributed by atoms with Crippen molar-refractivity contribution in [1.29, 1.82) is 0 Å². The van der Waals surface area contributed by atoms with Gasteiger partial charge in [0.1, 0.15) is 17.1 Å². The van der Waals surface area contributed by atoms with Crippen molar-refractivity contribution >= 4 is 40.8 Å². The summed E-state index contributed by atoms with van der Waals surface area (Å²) in [5.74, 6) is 1.73. The Morgan fingerprint density at radius 1 is 1.05 bits per heavy atom. The standard InChI is InChI=1S/C29H29Cl2N5O2/c1-16-13-23(35-14-20-21(15-35)25(20)33-28(37)38-29(2,3)4)36-27(32-16)24(17-9-11-18(30)12-10-17)26(34-36)19-7-5-6-8-22(19)31/h5-13,20-21,25H,14-15H2,1-4H3,(H,33,37)/t20-,21+,25?. The highest BCUT2D eigenvalue weighted by Crippen LogP contribution is 2.47. The first-order valence-corrected chi connectivity index (χ1v) is 13.5. The van der Waals surface area contributed by atoms with Crippen LogP contribution in [0.4, 0.5) is 10.6 Å². The average Bonchev–Trinajstić information content (AvgIpc) is 3.18. The molecular formula is C29H29Cl2N5O2. The van der Waals surface area contributed by atoms with E-state index in [0.717, 1.165) is 52.6 Å². The quantitative estimate of drug-likeness (QED) is 0.309. The number of aryl methyl sites for hydroxylation is 1. The van der Waals surface area contributed by atoms with E-state index in [4.69, 9.17) is 38.0 Å². The minimum atomic E-state index is -0.512. The lowest BCUT2D eigenvalue weighted by molar-refractivity contribution is 0.0518. The van der Waals surface area contributed by atoms with Gasteiger partial charge in [0.15, 0.2) is 5.65 Å². The molecule has 1 saturated carbocycles. The highest BCUT2D eigenvalue weighted by Gasteiger charge is 2.57. The smallest absolute Gasteiger partial charge is 0.407 e. The number of nitrogens with zero attached hydrogens (tertiary/aromatic N) is 4. The number of nitrogens with one attached hydrogen (secondary N) is 1. The summed E-state index contributed by atoms with van der Waals surface area (Å²) < 4.78 is 7.38. The lowest BCUT2D eigenvalue weighted by Gasteiger charge is -2.24. The van der Waals surface area contributed by atoms with Crippen molar-refractivity contribution in [3.05, 3.63) is 70.3 Å². The van der Waals surface area contributed by atoms with Crippen LogP contribution in [0.1, 0.15) is 26.5 Å². The number of ether oxygens (including phenoxy) is 1. The molecule has 1 amide bonds. The lowest BCUT2D eigenvalue weighted by Crippen LogP contribution is -2.38. The molecule has 9 heteroatoms. The minimum Gasteiger partial charge on any atom is -0.444 e. The lowest BCUT2D eigenvalue weighted by atomic mass is 10.0. The van der Waals surface area contributed by atoms with Crippen LogP contribution in [0.15, 0.2) is 54.6 Å². The Morgan fingerprint density at radius 3 is 2.39 bits per heavy atom. The van der Waals surface area contributed by atoms with E-state index in [-0.39, 0.29) is 12.1 Å². The molecule has 0 radical (unpaired) electrons. The Hall–Kier alpha value is -3.29. The Balaban J connectivity index is 1.37. The number of alkyl carbamates (subject to hydrolysis) is 1. The summed E-state index contributed by atoms with van der Waals surface area (Å²) in [5.41, 5.74) is 4.65. The molecule has 38 heavy (non-hydrogen) atoms. The van der Waals surface area contributed by atoms with E-state index in [1.54, 1.807) is 0 Å². The summed E-state index contributed by atoms with van der Waals surface area (Å²) in [6.07, 6.45) is -0.352. The van der Waals surface area contributed by atoms with Gasteiger partial charge in [-0.1, -0.05) is 53.5 Å².